The highest BCUT2D eigenvalue weighted by molar-refractivity contribution is 5.85. The van der Waals surface area contributed by atoms with Crippen LogP contribution in [0.15, 0.2) is 72.8 Å². The normalized spacial score (nSPS) is 18.6. The lowest BCUT2D eigenvalue weighted by molar-refractivity contribution is 0.277. The van der Waals surface area contributed by atoms with Crippen molar-refractivity contribution in [2.24, 2.45) is 0 Å². The second-order valence-electron chi connectivity index (χ2n) is 7.24. The van der Waals surface area contributed by atoms with Crippen LogP contribution in [0.3, 0.4) is 0 Å². The van der Waals surface area contributed by atoms with E-state index in [2.05, 4.69) is 5.32 Å². The van der Waals surface area contributed by atoms with Crippen molar-refractivity contribution in [2.75, 3.05) is 25.2 Å². The molecule has 0 saturated carbocycles. The summed E-state index contributed by atoms with van der Waals surface area (Å²) in [6, 6.07) is 19.7. The van der Waals surface area contributed by atoms with Crippen LogP contribution in [0.5, 0.6) is 0 Å². The number of hydrogen-bond acceptors (Lipinski definition) is 3. The van der Waals surface area contributed by atoms with Gasteiger partial charge in [-0.3, -0.25) is 4.90 Å². The van der Waals surface area contributed by atoms with Gasteiger partial charge >= 0.3 is 0 Å². The number of nitrogens with zero attached hydrogens (tertiary/aromatic N) is 2. The molecule has 3 aromatic rings. The first-order chi connectivity index (χ1) is 14.1. The topological polar surface area (TPSA) is 38.3 Å². The van der Waals surface area contributed by atoms with Crippen LogP contribution in [0.4, 0.5) is 25.8 Å². The van der Waals surface area contributed by atoms with Gasteiger partial charge < -0.3 is 15.2 Å². The maximum Gasteiger partial charge on any atom is 0.195 e. The standard InChI is InChI=1S/C23H23F2N3O.ClH/c1-26-15-14-22(17-8-3-2-4-9-17)28(29)16-27(20-12-6-5-10-18(20)24)21-13-7-11-19(25)23(21)28;/h2-13,22,26H,14-16H2,1H3;1H/t22-,28?;/m1./s1. The third kappa shape index (κ3) is 3.79. The molecule has 3 aromatic carbocycles. The van der Waals surface area contributed by atoms with Crippen molar-refractivity contribution in [3.63, 3.8) is 0 Å². The highest BCUT2D eigenvalue weighted by Gasteiger charge is 2.45. The minimum atomic E-state index is -0.901. The third-order valence-corrected chi connectivity index (χ3v) is 5.49. The molecule has 0 saturated heterocycles. The van der Waals surface area contributed by atoms with Crippen LogP contribution >= 0.6 is 12.4 Å². The summed E-state index contributed by atoms with van der Waals surface area (Å²) < 4.78 is 28.7. The fourth-order valence-electron chi connectivity index (χ4n) is 4.16. The van der Waals surface area contributed by atoms with Gasteiger partial charge in [-0.15, -0.1) is 12.4 Å². The van der Waals surface area contributed by atoms with E-state index in [0.717, 1.165) is 5.56 Å². The Morgan fingerprint density at radius 3 is 2.27 bits per heavy atom. The zero-order valence-electron chi connectivity index (χ0n) is 16.6. The summed E-state index contributed by atoms with van der Waals surface area (Å²) in [6.07, 6.45) is 0.517. The quantitative estimate of drug-likeness (QED) is 0.404. The summed E-state index contributed by atoms with van der Waals surface area (Å²) in [7, 11) is 1.82. The van der Waals surface area contributed by atoms with Crippen molar-refractivity contribution in [3.05, 3.63) is 95.2 Å². The van der Waals surface area contributed by atoms with Crippen LogP contribution in [0.2, 0.25) is 0 Å². The summed E-state index contributed by atoms with van der Waals surface area (Å²) in [5.41, 5.74) is 1.58. The largest absolute Gasteiger partial charge is 0.625 e. The molecule has 1 heterocycles. The Balaban J connectivity index is 0.00000256. The molecule has 0 radical (unpaired) electrons. The first-order valence-electron chi connectivity index (χ1n) is 9.65. The van der Waals surface area contributed by atoms with Gasteiger partial charge in [0.2, 0.25) is 0 Å². The van der Waals surface area contributed by atoms with Crippen molar-refractivity contribution >= 4 is 29.5 Å². The zero-order valence-corrected chi connectivity index (χ0v) is 17.4. The Morgan fingerprint density at radius 2 is 1.57 bits per heavy atom. The Morgan fingerprint density at radius 1 is 0.933 bits per heavy atom. The molecule has 158 valence electrons. The summed E-state index contributed by atoms with van der Waals surface area (Å²) in [5.74, 6) is -1.01. The maximum atomic E-state index is 15.0. The summed E-state index contributed by atoms with van der Waals surface area (Å²) in [5, 5.41) is 17.4. The van der Waals surface area contributed by atoms with Crippen molar-refractivity contribution < 1.29 is 8.78 Å². The van der Waals surface area contributed by atoms with E-state index in [1.54, 1.807) is 35.2 Å². The number of hydroxylamine groups is 2. The number of benzene rings is 3. The van der Waals surface area contributed by atoms with E-state index in [1.165, 1.54) is 12.1 Å². The number of quaternary nitrogens is 1. The van der Waals surface area contributed by atoms with Gasteiger partial charge in [0.1, 0.15) is 17.5 Å². The molecule has 0 amide bonds. The van der Waals surface area contributed by atoms with Crippen LogP contribution in [0, 0.1) is 16.8 Å². The lowest BCUT2D eigenvalue weighted by Gasteiger charge is -2.45. The number of anilines is 2. The van der Waals surface area contributed by atoms with Gasteiger partial charge in [0.25, 0.3) is 0 Å². The van der Waals surface area contributed by atoms with Crippen molar-refractivity contribution in [1.29, 1.82) is 0 Å². The van der Waals surface area contributed by atoms with Crippen LogP contribution in [0.1, 0.15) is 18.0 Å². The van der Waals surface area contributed by atoms with E-state index in [-0.39, 0.29) is 30.5 Å². The summed E-state index contributed by atoms with van der Waals surface area (Å²) in [4.78, 5) is 1.59. The molecular formula is C23H24ClF2N3O. The van der Waals surface area contributed by atoms with Crippen LogP contribution in [0.25, 0.3) is 0 Å². The summed E-state index contributed by atoms with van der Waals surface area (Å²) >= 11 is 0. The van der Waals surface area contributed by atoms with E-state index in [1.807, 2.05) is 37.4 Å². The molecule has 30 heavy (non-hydrogen) atoms. The van der Waals surface area contributed by atoms with E-state index < -0.39 is 22.3 Å². The fraction of sp³-hybridized carbons (Fsp3) is 0.217. The average molecular weight is 432 g/mol. The number of rotatable bonds is 6. The van der Waals surface area contributed by atoms with Gasteiger partial charge in [-0.1, -0.05) is 48.5 Å². The van der Waals surface area contributed by atoms with E-state index in [4.69, 9.17) is 0 Å². The smallest absolute Gasteiger partial charge is 0.195 e. The van der Waals surface area contributed by atoms with Crippen LogP contribution in [-0.4, -0.2) is 20.3 Å². The molecule has 1 aliphatic rings. The molecular weight excluding hydrogens is 408 g/mol. The second-order valence-corrected chi connectivity index (χ2v) is 7.24. The predicted octanol–water partition coefficient (Wildman–Crippen LogP) is 5.65. The summed E-state index contributed by atoms with van der Waals surface area (Å²) in [6.45, 7) is 0.506. The number of nitrogens with one attached hydrogen (secondary N) is 1. The van der Waals surface area contributed by atoms with Gasteiger partial charge in [0.15, 0.2) is 18.2 Å². The molecule has 0 bridgehead atoms. The molecule has 4 rings (SSSR count). The molecule has 1 unspecified atom stereocenters. The number of halogens is 3. The minimum Gasteiger partial charge on any atom is -0.625 e. The molecule has 7 heteroatoms. The van der Waals surface area contributed by atoms with Crippen molar-refractivity contribution in [1.82, 2.24) is 9.96 Å². The third-order valence-electron chi connectivity index (χ3n) is 5.49. The van der Waals surface area contributed by atoms with Gasteiger partial charge in [0, 0.05) is 18.5 Å². The van der Waals surface area contributed by atoms with Crippen molar-refractivity contribution in [2.45, 2.75) is 12.5 Å². The maximum absolute atomic E-state index is 15.0. The average Bonchev–Trinajstić information content (AvgIpc) is 3.04. The van der Waals surface area contributed by atoms with Gasteiger partial charge in [-0.05, 0) is 31.3 Å². The number of hydrogen-bond donors (Lipinski definition) is 1. The molecule has 2 atom stereocenters. The van der Waals surface area contributed by atoms with E-state index >= 15 is 4.39 Å². The highest BCUT2D eigenvalue weighted by Crippen LogP contribution is 2.51. The molecule has 0 fully saturated rings. The molecule has 0 aliphatic carbocycles. The Hall–Kier alpha value is -2.51. The predicted molar refractivity (Wildman–Crippen MR) is 120 cm³/mol. The monoisotopic (exact) mass is 431 g/mol. The number of para-hydroxylation sites is 2. The fourth-order valence-corrected chi connectivity index (χ4v) is 4.16. The van der Waals surface area contributed by atoms with Gasteiger partial charge in [0.05, 0.1) is 5.69 Å². The first-order valence-corrected chi connectivity index (χ1v) is 9.65. The van der Waals surface area contributed by atoms with Gasteiger partial charge in [-0.2, -0.15) is 0 Å². The molecule has 1 N–H and O–H groups in total. The second kappa shape index (κ2) is 9.10. The molecule has 4 nitrogen and oxygen atoms in total. The zero-order chi connectivity index (χ0) is 20.4. The van der Waals surface area contributed by atoms with Crippen LogP contribution < -0.4 is 14.9 Å². The Kier molecular flexibility index (Phi) is 6.73. The molecule has 0 spiro atoms. The highest BCUT2D eigenvalue weighted by atomic mass is 35.5. The SMILES string of the molecule is CNCC[C@H](c1ccccc1)[N+]1([O-])CN(c2ccccc2F)c2cccc(F)c21.Cl. The van der Waals surface area contributed by atoms with Crippen molar-refractivity contribution in [3.8, 4) is 0 Å². The first kappa shape index (κ1) is 22.2. The van der Waals surface area contributed by atoms with E-state index in [9.17, 15) is 9.60 Å². The Bertz CT molecular complexity index is 1000. The minimum absolute atomic E-state index is 0. The molecule has 0 aromatic heterocycles. The lowest BCUT2D eigenvalue weighted by Crippen LogP contribution is -2.49. The number of fused-ring (bicyclic) bond motifs is 1. The Labute approximate surface area is 181 Å². The van der Waals surface area contributed by atoms with Crippen LogP contribution in [-0.2, 0) is 0 Å². The van der Waals surface area contributed by atoms with E-state index in [0.29, 0.717) is 18.7 Å². The molecule has 1 aliphatic heterocycles. The lowest BCUT2D eigenvalue weighted by atomic mass is 10.0. The van der Waals surface area contributed by atoms with Gasteiger partial charge in [-0.25, -0.2) is 8.78 Å².